The molecule has 0 atom stereocenters. The third-order valence-corrected chi connectivity index (χ3v) is 3.81. The van der Waals surface area contributed by atoms with Gasteiger partial charge in [0.15, 0.2) is 0 Å². The lowest BCUT2D eigenvalue weighted by molar-refractivity contribution is 0.180. The number of nitrogens with zero attached hydrogens (tertiary/aromatic N) is 2. The van der Waals surface area contributed by atoms with Gasteiger partial charge in [0.2, 0.25) is 0 Å². The molecule has 0 fully saturated rings. The van der Waals surface area contributed by atoms with Gasteiger partial charge in [-0.25, -0.2) is 4.98 Å². The van der Waals surface area contributed by atoms with Crippen LogP contribution in [-0.2, 0) is 17.8 Å². The van der Waals surface area contributed by atoms with Gasteiger partial charge in [-0.15, -0.1) is 0 Å². The summed E-state index contributed by atoms with van der Waals surface area (Å²) in [5.74, 6) is 0.821. The molecule has 2 aromatic rings. The molecule has 0 aliphatic rings. The van der Waals surface area contributed by atoms with E-state index in [1.54, 1.807) is 19.5 Å². The van der Waals surface area contributed by atoms with Crippen molar-refractivity contribution in [2.45, 2.75) is 13.0 Å². The highest BCUT2D eigenvalue weighted by Gasteiger charge is 2.06. The topological polar surface area (TPSA) is 50.8 Å². The third-order valence-electron chi connectivity index (χ3n) is 2.39. The Morgan fingerprint density at radius 3 is 2.78 bits per heavy atom. The Morgan fingerprint density at radius 1 is 1.39 bits per heavy atom. The average Bonchev–Trinajstić information content (AvgIpc) is 2.37. The second kappa shape index (κ2) is 6.17. The first-order valence-corrected chi connectivity index (χ1v) is 6.56. The molecule has 18 heavy (non-hydrogen) atoms. The van der Waals surface area contributed by atoms with Crippen LogP contribution in [0.1, 0.15) is 17.1 Å². The van der Waals surface area contributed by atoms with E-state index in [9.17, 15) is 0 Å². The molecule has 0 amide bonds. The Morgan fingerprint density at radius 2 is 2.11 bits per heavy atom. The maximum absolute atomic E-state index is 5.21. The van der Waals surface area contributed by atoms with E-state index >= 15 is 0 Å². The third kappa shape index (κ3) is 3.22. The molecule has 1 N–H and O–H groups in total. The van der Waals surface area contributed by atoms with Gasteiger partial charge >= 0.3 is 0 Å². The molecule has 0 radical (unpaired) electrons. The summed E-state index contributed by atoms with van der Waals surface area (Å²) in [6, 6.07) is 3.91. The SMILES string of the molecule is COCc1[nH]c(Cc2ccncc2)nc(=S)c1Br. The molecular weight excluding hydrogens is 314 g/mol. The maximum Gasteiger partial charge on any atom is 0.144 e. The summed E-state index contributed by atoms with van der Waals surface area (Å²) in [5.41, 5.74) is 2.04. The summed E-state index contributed by atoms with van der Waals surface area (Å²) >= 11 is 8.63. The first-order valence-electron chi connectivity index (χ1n) is 5.36. The van der Waals surface area contributed by atoms with Gasteiger partial charge < -0.3 is 9.72 Å². The molecule has 94 valence electrons. The standard InChI is InChI=1S/C12H12BrN3OS/c1-17-7-9-11(13)12(18)16-10(15-9)6-8-2-4-14-5-3-8/h2-5H,6-7H2,1H3,(H,15,16,18). The highest BCUT2D eigenvalue weighted by Crippen LogP contribution is 2.17. The Balaban J connectivity index is 2.32. The summed E-state index contributed by atoms with van der Waals surface area (Å²) in [7, 11) is 1.65. The van der Waals surface area contributed by atoms with Crippen molar-refractivity contribution in [3.05, 3.63) is 50.7 Å². The van der Waals surface area contributed by atoms with Gasteiger partial charge in [0.25, 0.3) is 0 Å². The van der Waals surface area contributed by atoms with Crippen LogP contribution < -0.4 is 0 Å². The zero-order valence-electron chi connectivity index (χ0n) is 9.81. The van der Waals surface area contributed by atoms with Crippen LogP contribution in [0.3, 0.4) is 0 Å². The van der Waals surface area contributed by atoms with E-state index in [4.69, 9.17) is 17.0 Å². The number of hydrogen-bond donors (Lipinski definition) is 1. The van der Waals surface area contributed by atoms with E-state index in [0.29, 0.717) is 17.7 Å². The maximum atomic E-state index is 5.21. The first-order chi connectivity index (χ1) is 8.70. The fourth-order valence-corrected chi connectivity index (χ4v) is 2.11. The average molecular weight is 326 g/mol. The molecular formula is C12H12BrN3OS. The van der Waals surface area contributed by atoms with E-state index < -0.39 is 0 Å². The Labute approximate surface area is 119 Å². The molecule has 0 saturated heterocycles. The van der Waals surface area contributed by atoms with Crippen LogP contribution in [0.15, 0.2) is 29.0 Å². The summed E-state index contributed by atoms with van der Waals surface area (Å²) in [6.45, 7) is 0.468. The lowest BCUT2D eigenvalue weighted by atomic mass is 10.2. The van der Waals surface area contributed by atoms with Gasteiger partial charge in [0, 0.05) is 25.9 Å². The zero-order chi connectivity index (χ0) is 13.0. The van der Waals surface area contributed by atoms with Crippen molar-refractivity contribution >= 4 is 28.1 Å². The summed E-state index contributed by atoms with van der Waals surface area (Å²) in [6.07, 6.45) is 4.22. The molecule has 0 aliphatic carbocycles. The second-order valence-electron chi connectivity index (χ2n) is 3.75. The number of ether oxygens (including phenoxy) is 1. The van der Waals surface area contributed by atoms with Crippen molar-refractivity contribution in [3.63, 3.8) is 0 Å². The van der Waals surface area contributed by atoms with Crippen LogP contribution in [0, 0.1) is 4.64 Å². The van der Waals surface area contributed by atoms with Crippen molar-refractivity contribution in [2.24, 2.45) is 0 Å². The number of H-pyrrole nitrogens is 1. The predicted molar refractivity (Wildman–Crippen MR) is 74.9 cm³/mol. The fraction of sp³-hybridized carbons (Fsp3) is 0.250. The normalized spacial score (nSPS) is 10.6. The fourth-order valence-electron chi connectivity index (χ4n) is 1.58. The van der Waals surface area contributed by atoms with Crippen molar-refractivity contribution in [2.75, 3.05) is 7.11 Å². The van der Waals surface area contributed by atoms with E-state index in [0.717, 1.165) is 21.6 Å². The van der Waals surface area contributed by atoms with Crippen molar-refractivity contribution in [1.82, 2.24) is 15.0 Å². The van der Waals surface area contributed by atoms with Crippen LogP contribution >= 0.6 is 28.1 Å². The quantitative estimate of drug-likeness (QED) is 0.878. The molecule has 6 heteroatoms. The summed E-state index contributed by atoms with van der Waals surface area (Å²) in [5, 5.41) is 0. The molecule has 0 aliphatic heterocycles. The van der Waals surface area contributed by atoms with E-state index in [1.807, 2.05) is 12.1 Å². The molecule has 0 aromatic carbocycles. The van der Waals surface area contributed by atoms with Gasteiger partial charge in [-0.3, -0.25) is 4.98 Å². The Bertz CT molecular complexity index is 586. The first kappa shape index (κ1) is 13.3. The highest BCUT2D eigenvalue weighted by molar-refractivity contribution is 9.10. The predicted octanol–water partition coefficient (Wildman–Crippen LogP) is 3.03. The van der Waals surface area contributed by atoms with Crippen LogP contribution in [0.4, 0.5) is 0 Å². The number of aromatic amines is 1. The minimum Gasteiger partial charge on any atom is -0.378 e. The Hall–Kier alpha value is -1.11. The van der Waals surface area contributed by atoms with Crippen molar-refractivity contribution in [1.29, 1.82) is 0 Å². The molecule has 0 bridgehead atoms. The number of pyridine rings is 1. The molecule has 0 spiro atoms. The molecule has 2 aromatic heterocycles. The number of aromatic nitrogens is 3. The molecule has 4 nitrogen and oxygen atoms in total. The minimum atomic E-state index is 0.468. The van der Waals surface area contributed by atoms with Gasteiger partial charge in [-0.1, -0.05) is 12.2 Å². The monoisotopic (exact) mass is 325 g/mol. The Kier molecular flexibility index (Phi) is 4.57. The smallest absolute Gasteiger partial charge is 0.144 e. The zero-order valence-corrected chi connectivity index (χ0v) is 12.2. The molecule has 2 heterocycles. The van der Waals surface area contributed by atoms with Crippen LogP contribution in [0.25, 0.3) is 0 Å². The summed E-state index contributed by atoms with van der Waals surface area (Å²) < 4.78 is 6.46. The van der Waals surface area contributed by atoms with Gasteiger partial charge in [-0.2, -0.15) is 0 Å². The van der Waals surface area contributed by atoms with E-state index in [2.05, 4.69) is 30.9 Å². The van der Waals surface area contributed by atoms with Crippen molar-refractivity contribution < 1.29 is 4.74 Å². The summed E-state index contributed by atoms with van der Waals surface area (Å²) in [4.78, 5) is 11.6. The van der Waals surface area contributed by atoms with Gasteiger partial charge in [0.05, 0.1) is 16.8 Å². The minimum absolute atomic E-state index is 0.468. The largest absolute Gasteiger partial charge is 0.378 e. The number of rotatable bonds is 4. The molecule has 0 unspecified atom stereocenters. The number of halogens is 1. The van der Waals surface area contributed by atoms with Crippen LogP contribution in [0.5, 0.6) is 0 Å². The van der Waals surface area contributed by atoms with E-state index in [1.165, 1.54) is 0 Å². The number of hydrogen-bond acceptors (Lipinski definition) is 4. The van der Waals surface area contributed by atoms with Gasteiger partial charge in [0.1, 0.15) is 10.5 Å². The van der Waals surface area contributed by atoms with Crippen molar-refractivity contribution in [3.8, 4) is 0 Å². The lowest BCUT2D eigenvalue weighted by Gasteiger charge is -2.07. The van der Waals surface area contributed by atoms with Crippen LogP contribution in [0.2, 0.25) is 0 Å². The lowest BCUT2D eigenvalue weighted by Crippen LogP contribution is -2.03. The van der Waals surface area contributed by atoms with Gasteiger partial charge in [-0.05, 0) is 33.6 Å². The number of methoxy groups -OCH3 is 1. The highest BCUT2D eigenvalue weighted by atomic mass is 79.9. The molecule has 0 saturated carbocycles. The number of nitrogens with one attached hydrogen (secondary N) is 1. The molecule has 2 rings (SSSR count). The van der Waals surface area contributed by atoms with E-state index in [-0.39, 0.29) is 0 Å². The van der Waals surface area contributed by atoms with Crippen LogP contribution in [-0.4, -0.2) is 22.1 Å². The second-order valence-corrected chi connectivity index (χ2v) is 4.93.